The van der Waals surface area contributed by atoms with Crippen molar-refractivity contribution in [2.75, 3.05) is 55.3 Å². The fraction of sp³-hybridized carbons (Fsp3) is 0.346. The second kappa shape index (κ2) is 10.9. The second-order valence-corrected chi connectivity index (χ2v) is 8.96. The van der Waals surface area contributed by atoms with Crippen molar-refractivity contribution in [1.82, 2.24) is 9.97 Å². The van der Waals surface area contributed by atoms with E-state index in [1.54, 1.807) is 14.2 Å². The number of halogens is 1. The second-order valence-electron chi connectivity index (χ2n) is 8.55. The smallest absolute Gasteiger partial charge is 0.229 e. The van der Waals surface area contributed by atoms with Crippen molar-refractivity contribution in [3.63, 3.8) is 0 Å². The number of fused-ring (bicyclic) bond motifs is 1. The van der Waals surface area contributed by atoms with Crippen molar-refractivity contribution in [3.05, 3.63) is 47.1 Å². The number of anilines is 6. The van der Waals surface area contributed by atoms with Crippen LogP contribution >= 0.6 is 11.6 Å². The van der Waals surface area contributed by atoms with Crippen LogP contribution in [0.5, 0.6) is 11.5 Å². The largest absolute Gasteiger partial charge is 0.494 e. The molecule has 4 rings (SSSR count). The first-order chi connectivity index (χ1) is 17.4. The third-order valence-electron chi connectivity index (χ3n) is 6.11. The van der Waals surface area contributed by atoms with Crippen LogP contribution in [0.3, 0.4) is 0 Å². The summed E-state index contributed by atoms with van der Waals surface area (Å²) in [6.07, 6.45) is 3.56. The normalized spacial score (nSPS) is 13.1. The molecule has 0 atom stereocenters. The molecule has 1 aliphatic heterocycles. The molecule has 9 nitrogen and oxygen atoms in total. The molecule has 3 aromatic rings. The number of nitrogens with zero attached hydrogens (tertiary/aromatic N) is 4. The number of benzene rings is 2. The van der Waals surface area contributed by atoms with Gasteiger partial charge in [-0.3, -0.25) is 4.79 Å². The Labute approximate surface area is 216 Å². The number of rotatable bonds is 8. The minimum atomic E-state index is 0.129. The van der Waals surface area contributed by atoms with Crippen LogP contribution in [0.1, 0.15) is 25.3 Å². The summed E-state index contributed by atoms with van der Waals surface area (Å²) in [5.74, 6) is 2.25. The number of aromatic nitrogens is 2. The third-order valence-corrected chi connectivity index (χ3v) is 6.39. The van der Waals surface area contributed by atoms with Gasteiger partial charge in [0.05, 0.1) is 37.5 Å². The maximum atomic E-state index is 12.5. The molecule has 1 aromatic heterocycles. The van der Waals surface area contributed by atoms with Crippen molar-refractivity contribution in [1.29, 1.82) is 0 Å². The van der Waals surface area contributed by atoms with Gasteiger partial charge in [-0.25, -0.2) is 4.98 Å². The van der Waals surface area contributed by atoms with Crippen LogP contribution in [0.4, 0.5) is 34.5 Å². The van der Waals surface area contributed by atoms with E-state index < -0.39 is 0 Å². The Morgan fingerprint density at radius 2 is 1.86 bits per heavy atom. The maximum absolute atomic E-state index is 12.5. The highest BCUT2D eigenvalue weighted by molar-refractivity contribution is 6.33. The minimum absolute atomic E-state index is 0.129. The predicted octanol–water partition coefficient (Wildman–Crippen LogP) is 5.39. The molecule has 0 spiro atoms. The van der Waals surface area contributed by atoms with Gasteiger partial charge in [0.15, 0.2) is 5.82 Å². The summed E-state index contributed by atoms with van der Waals surface area (Å²) in [7, 11) is 7.18. The average molecular weight is 511 g/mol. The maximum Gasteiger partial charge on any atom is 0.229 e. The molecule has 190 valence electrons. The van der Waals surface area contributed by atoms with Crippen molar-refractivity contribution >= 4 is 52.0 Å². The number of hydrogen-bond acceptors (Lipinski definition) is 8. The Hall–Kier alpha value is -3.72. The fourth-order valence-corrected chi connectivity index (χ4v) is 4.44. The zero-order chi connectivity index (χ0) is 25.8. The van der Waals surface area contributed by atoms with Gasteiger partial charge in [-0.05, 0) is 44.0 Å². The Morgan fingerprint density at radius 1 is 1.08 bits per heavy atom. The van der Waals surface area contributed by atoms with Gasteiger partial charge in [0.1, 0.15) is 16.5 Å². The molecule has 2 heterocycles. The van der Waals surface area contributed by atoms with E-state index in [1.807, 2.05) is 61.2 Å². The molecule has 36 heavy (non-hydrogen) atoms. The Kier molecular flexibility index (Phi) is 7.69. The molecule has 1 aliphatic rings. The lowest BCUT2D eigenvalue weighted by Gasteiger charge is -2.24. The topological polar surface area (TPSA) is 91.9 Å². The van der Waals surface area contributed by atoms with Crippen LogP contribution in [0.25, 0.3) is 0 Å². The van der Waals surface area contributed by atoms with Crippen LogP contribution < -0.4 is 29.9 Å². The van der Waals surface area contributed by atoms with E-state index in [0.29, 0.717) is 46.9 Å². The Morgan fingerprint density at radius 3 is 2.56 bits per heavy atom. The molecule has 2 N–H and O–H groups in total. The molecule has 0 aliphatic carbocycles. The third kappa shape index (κ3) is 5.11. The lowest BCUT2D eigenvalue weighted by Crippen LogP contribution is -2.29. The van der Waals surface area contributed by atoms with E-state index >= 15 is 0 Å². The highest BCUT2D eigenvalue weighted by Crippen LogP contribution is 2.40. The van der Waals surface area contributed by atoms with E-state index in [-0.39, 0.29) is 5.91 Å². The van der Waals surface area contributed by atoms with Gasteiger partial charge in [0.25, 0.3) is 0 Å². The van der Waals surface area contributed by atoms with Crippen molar-refractivity contribution in [2.45, 2.75) is 26.2 Å². The molecule has 10 heteroatoms. The van der Waals surface area contributed by atoms with E-state index in [9.17, 15) is 4.79 Å². The van der Waals surface area contributed by atoms with Gasteiger partial charge < -0.3 is 29.9 Å². The lowest BCUT2D eigenvalue weighted by molar-refractivity contribution is -0.118. The zero-order valence-corrected chi connectivity index (χ0v) is 21.9. The molecule has 2 aromatic carbocycles. The number of amides is 1. The van der Waals surface area contributed by atoms with Crippen LogP contribution in [0, 0.1) is 0 Å². The average Bonchev–Trinajstić information content (AvgIpc) is 3.03. The summed E-state index contributed by atoms with van der Waals surface area (Å²) in [4.78, 5) is 25.3. The predicted molar refractivity (Wildman–Crippen MR) is 145 cm³/mol. The van der Waals surface area contributed by atoms with Gasteiger partial charge in [-0.15, -0.1) is 0 Å². The molecule has 0 saturated carbocycles. The summed E-state index contributed by atoms with van der Waals surface area (Å²) in [5.41, 5.74) is 4.32. The number of methoxy groups -OCH3 is 2. The number of ether oxygens (including phenoxy) is 2. The number of carbonyl (C=O) groups excluding carboxylic acids is 1. The zero-order valence-electron chi connectivity index (χ0n) is 21.2. The first-order valence-corrected chi connectivity index (χ1v) is 12.2. The van der Waals surface area contributed by atoms with Crippen molar-refractivity contribution in [2.24, 2.45) is 0 Å². The van der Waals surface area contributed by atoms with Crippen LogP contribution in [0.2, 0.25) is 5.02 Å². The van der Waals surface area contributed by atoms with E-state index in [2.05, 4.69) is 20.6 Å². The molecule has 0 saturated heterocycles. The highest BCUT2D eigenvalue weighted by Gasteiger charge is 2.25. The van der Waals surface area contributed by atoms with Gasteiger partial charge in [-0.2, -0.15) is 4.98 Å². The first kappa shape index (κ1) is 25.4. The Bertz CT molecular complexity index is 1270. The summed E-state index contributed by atoms with van der Waals surface area (Å²) < 4.78 is 11.3. The number of hydrogen-bond donors (Lipinski definition) is 2. The monoisotopic (exact) mass is 510 g/mol. The standard InChI is InChI=1S/C26H31ClN6O3/c1-6-33-21-13-12-20(24(36-5)17(21)8-7-9-23(33)34)30-26-28-15-18(27)25(31-26)29-19-11-10-16(32(2)3)14-22(19)35-4/h10-15H,6-9H2,1-5H3,(H2,28,29,30,31). The first-order valence-electron chi connectivity index (χ1n) is 11.8. The summed E-state index contributed by atoms with van der Waals surface area (Å²) in [6, 6.07) is 9.65. The van der Waals surface area contributed by atoms with Gasteiger partial charge >= 0.3 is 0 Å². The quantitative estimate of drug-likeness (QED) is 0.417. The van der Waals surface area contributed by atoms with Gasteiger partial charge in [-0.1, -0.05) is 11.6 Å². The molecule has 0 bridgehead atoms. The summed E-state index contributed by atoms with van der Waals surface area (Å²) >= 11 is 6.42. The lowest BCUT2D eigenvalue weighted by atomic mass is 10.0. The van der Waals surface area contributed by atoms with E-state index in [0.717, 1.165) is 35.5 Å². The van der Waals surface area contributed by atoms with E-state index in [4.69, 9.17) is 21.1 Å². The Balaban J connectivity index is 1.65. The molecule has 1 amide bonds. The highest BCUT2D eigenvalue weighted by atomic mass is 35.5. The molecular weight excluding hydrogens is 480 g/mol. The number of carbonyl (C=O) groups is 1. The molecular formula is C26H31ClN6O3. The van der Waals surface area contributed by atoms with E-state index in [1.165, 1.54) is 6.20 Å². The molecule has 0 unspecified atom stereocenters. The summed E-state index contributed by atoms with van der Waals surface area (Å²) in [5, 5.41) is 6.87. The summed E-state index contributed by atoms with van der Waals surface area (Å²) in [6.45, 7) is 2.58. The van der Waals surface area contributed by atoms with Crippen LogP contribution in [-0.2, 0) is 11.2 Å². The SMILES string of the molecule is CCN1C(=O)CCCc2c1ccc(Nc1ncc(Cl)c(Nc3ccc(N(C)C)cc3OC)n1)c2OC. The van der Waals surface area contributed by atoms with Crippen LogP contribution in [-0.4, -0.2) is 50.7 Å². The van der Waals surface area contributed by atoms with Gasteiger partial charge in [0.2, 0.25) is 11.9 Å². The molecule has 0 radical (unpaired) electrons. The molecule has 0 fully saturated rings. The van der Waals surface area contributed by atoms with Gasteiger partial charge in [0, 0.05) is 44.4 Å². The minimum Gasteiger partial charge on any atom is -0.494 e. The van der Waals surface area contributed by atoms with Crippen LogP contribution in [0.15, 0.2) is 36.5 Å². The fourth-order valence-electron chi connectivity index (χ4n) is 4.30. The van der Waals surface area contributed by atoms with Crippen molar-refractivity contribution < 1.29 is 14.3 Å². The number of nitrogens with one attached hydrogen (secondary N) is 2. The van der Waals surface area contributed by atoms with Crippen molar-refractivity contribution in [3.8, 4) is 11.5 Å².